The molecule has 0 aliphatic heterocycles. The normalized spacial score (nSPS) is 10.2. The number of carboxylic acids is 1. The molecule has 0 aliphatic carbocycles. The predicted octanol–water partition coefficient (Wildman–Crippen LogP) is 1.77. The van der Waals surface area contributed by atoms with Gasteiger partial charge in [-0.3, -0.25) is 9.48 Å². The number of nitrogens with one attached hydrogen (secondary N) is 1. The van der Waals surface area contributed by atoms with Gasteiger partial charge in [-0.15, -0.1) is 0 Å². The Kier molecular flexibility index (Phi) is 4.46. The molecule has 7 nitrogen and oxygen atoms in total. The largest absolute Gasteiger partial charge is 0.478 e. The van der Waals surface area contributed by atoms with Crippen LogP contribution in [0.15, 0.2) is 35.3 Å². The summed E-state index contributed by atoms with van der Waals surface area (Å²) in [6.45, 7) is 0.408. The van der Waals surface area contributed by atoms with Crippen LogP contribution in [0.5, 0.6) is 0 Å². The van der Waals surface area contributed by atoms with E-state index in [2.05, 4.69) is 31.3 Å². The number of halogens is 1. The second-order valence-corrected chi connectivity index (χ2v) is 4.91. The number of hydrogen-bond donors (Lipinski definition) is 2. The van der Waals surface area contributed by atoms with Gasteiger partial charge in [-0.05, 0) is 18.2 Å². The number of nitrogens with zero attached hydrogens (tertiary/aromatic N) is 3. The highest BCUT2D eigenvalue weighted by atomic mass is 79.9. The molecule has 1 amide bonds. The fourth-order valence-electron chi connectivity index (χ4n) is 1.57. The Morgan fingerprint density at radius 3 is 2.80 bits per heavy atom. The van der Waals surface area contributed by atoms with Crippen molar-refractivity contribution in [2.24, 2.45) is 0 Å². The van der Waals surface area contributed by atoms with Gasteiger partial charge in [0.25, 0.3) is 0 Å². The third-order valence-corrected chi connectivity index (χ3v) is 2.92. The molecule has 0 saturated carbocycles. The number of aromatic carboxylic acids is 1. The summed E-state index contributed by atoms with van der Waals surface area (Å²) in [7, 11) is 0. The lowest BCUT2D eigenvalue weighted by molar-refractivity contribution is -0.116. The minimum Gasteiger partial charge on any atom is -0.478 e. The van der Waals surface area contributed by atoms with E-state index in [-0.39, 0.29) is 17.9 Å². The second kappa shape index (κ2) is 6.29. The highest BCUT2D eigenvalue weighted by molar-refractivity contribution is 9.10. The zero-order valence-corrected chi connectivity index (χ0v) is 11.9. The van der Waals surface area contributed by atoms with Crippen molar-refractivity contribution in [2.45, 2.75) is 13.0 Å². The molecule has 1 aromatic heterocycles. The summed E-state index contributed by atoms with van der Waals surface area (Å²) in [5.74, 6) is -1.28. The van der Waals surface area contributed by atoms with Gasteiger partial charge in [0.15, 0.2) is 0 Å². The molecule has 2 rings (SSSR count). The average molecular weight is 339 g/mol. The Morgan fingerprint density at radius 1 is 1.35 bits per heavy atom. The van der Waals surface area contributed by atoms with Crippen LogP contribution in [0.1, 0.15) is 16.8 Å². The summed E-state index contributed by atoms with van der Waals surface area (Å²) in [5, 5.41) is 15.5. The lowest BCUT2D eigenvalue weighted by atomic mass is 10.2. The average Bonchev–Trinajstić information content (AvgIpc) is 2.88. The molecule has 0 aliphatic rings. The van der Waals surface area contributed by atoms with E-state index >= 15 is 0 Å². The summed E-state index contributed by atoms with van der Waals surface area (Å²) in [6, 6.07) is 4.51. The summed E-state index contributed by atoms with van der Waals surface area (Å²) < 4.78 is 2.13. The predicted molar refractivity (Wildman–Crippen MR) is 74.4 cm³/mol. The van der Waals surface area contributed by atoms with Crippen molar-refractivity contribution in [3.63, 3.8) is 0 Å². The Labute approximate surface area is 122 Å². The molecule has 1 aromatic carbocycles. The molecule has 2 aromatic rings. The lowest BCUT2D eigenvalue weighted by Gasteiger charge is -2.07. The van der Waals surface area contributed by atoms with E-state index in [0.717, 1.165) is 0 Å². The van der Waals surface area contributed by atoms with Gasteiger partial charge in [0.05, 0.1) is 12.1 Å². The number of aryl methyl sites for hydroxylation is 1. The number of amides is 1. The van der Waals surface area contributed by atoms with Crippen molar-refractivity contribution in [3.05, 3.63) is 40.9 Å². The first-order valence-electron chi connectivity index (χ1n) is 5.71. The first-order valence-corrected chi connectivity index (χ1v) is 6.50. The Morgan fingerprint density at radius 2 is 2.15 bits per heavy atom. The Balaban J connectivity index is 1.98. The molecule has 1 heterocycles. The molecule has 0 saturated heterocycles. The number of hydrogen-bond acceptors (Lipinski definition) is 4. The maximum absolute atomic E-state index is 11.8. The van der Waals surface area contributed by atoms with Crippen LogP contribution in [0, 0.1) is 0 Å². The van der Waals surface area contributed by atoms with Crippen molar-refractivity contribution in [2.75, 3.05) is 5.32 Å². The van der Waals surface area contributed by atoms with Gasteiger partial charge in [0, 0.05) is 16.6 Å². The minimum atomic E-state index is -1.05. The lowest BCUT2D eigenvalue weighted by Crippen LogP contribution is -2.15. The van der Waals surface area contributed by atoms with Crippen molar-refractivity contribution < 1.29 is 14.7 Å². The van der Waals surface area contributed by atoms with Gasteiger partial charge < -0.3 is 10.4 Å². The first-order chi connectivity index (χ1) is 9.54. The van der Waals surface area contributed by atoms with Crippen LogP contribution in [-0.2, 0) is 11.3 Å². The molecule has 0 unspecified atom stereocenters. The number of carboxylic acid groups (broad SMARTS) is 1. The van der Waals surface area contributed by atoms with E-state index in [4.69, 9.17) is 5.11 Å². The van der Waals surface area contributed by atoms with Crippen LogP contribution in [0.2, 0.25) is 0 Å². The molecule has 0 bridgehead atoms. The fraction of sp³-hybridized carbons (Fsp3) is 0.167. The van der Waals surface area contributed by atoms with Gasteiger partial charge >= 0.3 is 5.97 Å². The molecular weight excluding hydrogens is 328 g/mol. The van der Waals surface area contributed by atoms with Crippen LogP contribution in [0.25, 0.3) is 0 Å². The van der Waals surface area contributed by atoms with Crippen molar-refractivity contribution in [1.29, 1.82) is 0 Å². The Bertz CT molecular complexity index is 628. The molecule has 0 atom stereocenters. The van der Waals surface area contributed by atoms with Gasteiger partial charge in [0.1, 0.15) is 12.7 Å². The van der Waals surface area contributed by atoms with Crippen molar-refractivity contribution in [3.8, 4) is 0 Å². The molecule has 104 valence electrons. The second-order valence-electron chi connectivity index (χ2n) is 3.99. The van der Waals surface area contributed by atoms with Crippen LogP contribution in [0.4, 0.5) is 5.69 Å². The zero-order chi connectivity index (χ0) is 14.5. The van der Waals surface area contributed by atoms with E-state index in [9.17, 15) is 9.59 Å². The highest BCUT2D eigenvalue weighted by Crippen LogP contribution is 2.20. The number of rotatable bonds is 5. The van der Waals surface area contributed by atoms with Crippen molar-refractivity contribution >= 4 is 33.5 Å². The minimum absolute atomic E-state index is 0.103. The topological polar surface area (TPSA) is 97.1 Å². The van der Waals surface area contributed by atoms with Gasteiger partial charge in [-0.1, -0.05) is 15.9 Å². The number of carbonyl (C=O) groups is 2. The number of aromatic nitrogens is 3. The van der Waals surface area contributed by atoms with Crippen LogP contribution in [-0.4, -0.2) is 31.7 Å². The van der Waals surface area contributed by atoms with Gasteiger partial charge in [0.2, 0.25) is 5.91 Å². The summed E-state index contributed by atoms with van der Waals surface area (Å²) in [6.07, 6.45) is 3.14. The molecule has 8 heteroatoms. The number of benzene rings is 1. The molecule has 0 spiro atoms. The summed E-state index contributed by atoms with van der Waals surface area (Å²) in [5.41, 5.74) is 0.534. The summed E-state index contributed by atoms with van der Waals surface area (Å²) >= 11 is 3.20. The molecular formula is C12H11BrN4O3. The standard InChI is InChI=1S/C12H11BrN4O3/c13-9-3-8(12(19)20)4-10(5-9)16-11(18)1-2-17-7-14-6-15-17/h3-7H,1-2H2,(H,16,18)(H,19,20). The van der Waals surface area contributed by atoms with E-state index in [1.165, 1.54) is 24.8 Å². The van der Waals surface area contributed by atoms with Gasteiger partial charge in [-0.2, -0.15) is 5.10 Å². The van der Waals surface area contributed by atoms with Crippen molar-refractivity contribution in [1.82, 2.24) is 14.8 Å². The SMILES string of the molecule is O=C(CCn1cncn1)Nc1cc(Br)cc(C(=O)O)c1. The third-order valence-electron chi connectivity index (χ3n) is 2.46. The number of carbonyl (C=O) groups excluding carboxylic acids is 1. The maximum Gasteiger partial charge on any atom is 0.335 e. The third kappa shape index (κ3) is 3.89. The van der Waals surface area contributed by atoms with Crippen LogP contribution in [0.3, 0.4) is 0 Å². The van der Waals surface area contributed by atoms with Gasteiger partial charge in [-0.25, -0.2) is 9.78 Å². The molecule has 20 heavy (non-hydrogen) atoms. The van der Waals surface area contributed by atoms with Crippen LogP contribution >= 0.6 is 15.9 Å². The van der Waals surface area contributed by atoms with E-state index in [0.29, 0.717) is 16.7 Å². The molecule has 0 radical (unpaired) electrons. The number of anilines is 1. The fourth-order valence-corrected chi connectivity index (χ4v) is 2.07. The maximum atomic E-state index is 11.8. The first kappa shape index (κ1) is 14.2. The summed E-state index contributed by atoms with van der Waals surface area (Å²) in [4.78, 5) is 26.5. The Hall–Kier alpha value is -2.22. The smallest absolute Gasteiger partial charge is 0.335 e. The molecule has 2 N–H and O–H groups in total. The van der Waals surface area contributed by atoms with E-state index in [1.807, 2.05) is 0 Å². The van der Waals surface area contributed by atoms with Crippen LogP contribution < -0.4 is 5.32 Å². The highest BCUT2D eigenvalue weighted by Gasteiger charge is 2.08. The molecule has 0 fully saturated rings. The van der Waals surface area contributed by atoms with E-state index in [1.54, 1.807) is 10.7 Å². The quantitative estimate of drug-likeness (QED) is 0.865. The zero-order valence-electron chi connectivity index (χ0n) is 10.3. The van der Waals surface area contributed by atoms with E-state index < -0.39 is 5.97 Å². The monoisotopic (exact) mass is 338 g/mol.